The number of guanidine groups is 1. The Hall–Kier alpha value is -0.630. The summed E-state index contributed by atoms with van der Waals surface area (Å²) in [6.45, 7) is 6.78. The minimum atomic E-state index is 0. The number of hydrogen-bond acceptors (Lipinski definition) is 3. The van der Waals surface area contributed by atoms with Gasteiger partial charge in [-0.15, -0.1) is 24.0 Å². The number of benzene rings is 1. The molecule has 0 bridgehead atoms. The SMILES string of the molecule is CN=C(NCCCCSC)NCc1ccc(OCC(C)C)cc1.I. The number of aliphatic imine (C=N–C) groups is 1. The highest BCUT2D eigenvalue weighted by Gasteiger charge is 2.00. The van der Waals surface area contributed by atoms with E-state index in [0.29, 0.717) is 5.92 Å². The van der Waals surface area contributed by atoms with Crippen molar-refractivity contribution in [1.82, 2.24) is 10.6 Å². The maximum Gasteiger partial charge on any atom is 0.191 e. The molecule has 0 saturated carbocycles. The fraction of sp³-hybridized carbons (Fsp3) is 0.611. The average molecular weight is 465 g/mol. The van der Waals surface area contributed by atoms with Crippen LogP contribution in [0.5, 0.6) is 5.75 Å². The molecule has 1 aromatic carbocycles. The number of nitrogens with zero attached hydrogens (tertiary/aromatic N) is 1. The first-order chi connectivity index (χ1) is 11.2. The number of hydrogen-bond donors (Lipinski definition) is 2. The number of nitrogens with one attached hydrogen (secondary N) is 2. The molecule has 0 aliphatic heterocycles. The van der Waals surface area contributed by atoms with E-state index in [2.05, 4.69) is 47.9 Å². The molecular formula is C18H32IN3OS. The van der Waals surface area contributed by atoms with E-state index < -0.39 is 0 Å². The van der Waals surface area contributed by atoms with Crippen molar-refractivity contribution in [3.63, 3.8) is 0 Å². The van der Waals surface area contributed by atoms with Crippen molar-refractivity contribution >= 4 is 41.7 Å². The number of halogens is 1. The maximum absolute atomic E-state index is 5.70. The molecule has 0 spiro atoms. The molecule has 0 amide bonds. The summed E-state index contributed by atoms with van der Waals surface area (Å²) >= 11 is 1.90. The summed E-state index contributed by atoms with van der Waals surface area (Å²) in [4.78, 5) is 4.25. The third kappa shape index (κ3) is 11.0. The molecule has 4 nitrogen and oxygen atoms in total. The molecule has 24 heavy (non-hydrogen) atoms. The molecule has 1 rings (SSSR count). The standard InChI is InChI=1S/C18H31N3OS.HI/c1-15(2)14-22-17-9-7-16(8-10-17)13-21-18(19-3)20-11-5-6-12-23-4;/h7-10,15H,5-6,11-14H2,1-4H3,(H2,19,20,21);1H. The average Bonchev–Trinajstić information content (AvgIpc) is 2.56. The molecule has 2 N–H and O–H groups in total. The van der Waals surface area contributed by atoms with E-state index in [0.717, 1.165) is 31.4 Å². The fourth-order valence-electron chi connectivity index (χ4n) is 1.95. The van der Waals surface area contributed by atoms with E-state index in [1.165, 1.54) is 24.2 Å². The van der Waals surface area contributed by atoms with Crippen LogP contribution in [0.4, 0.5) is 0 Å². The first-order valence-electron chi connectivity index (χ1n) is 8.31. The third-order valence-corrected chi connectivity index (χ3v) is 3.95. The molecule has 1 aromatic rings. The van der Waals surface area contributed by atoms with Crippen LogP contribution < -0.4 is 15.4 Å². The Kier molecular flexibility index (Phi) is 14.3. The number of ether oxygens (including phenoxy) is 1. The highest BCUT2D eigenvalue weighted by Crippen LogP contribution is 2.13. The zero-order valence-corrected chi connectivity index (χ0v) is 18.4. The second-order valence-electron chi connectivity index (χ2n) is 5.90. The van der Waals surface area contributed by atoms with Gasteiger partial charge in [0.1, 0.15) is 5.75 Å². The monoisotopic (exact) mass is 465 g/mol. The van der Waals surface area contributed by atoms with Gasteiger partial charge < -0.3 is 15.4 Å². The maximum atomic E-state index is 5.70. The van der Waals surface area contributed by atoms with Gasteiger partial charge in [-0.1, -0.05) is 26.0 Å². The van der Waals surface area contributed by atoms with E-state index in [1.807, 2.05) is 23.9 Å². The van der Waals surface area contributed by atoms with Crippen molar-refractivity contribution in [2.75, 3.05) is 32.2 Å². The van der Waals surface area contributed by atoms with E-state index in [9.17, 15) is 0 Å². The van der Waals surface area contributed by atoms with Crippen LogP contribution in [-0.2, 0) is 6.54 Å². The minimum Gasteiger partial charge on any atom is -0.493 e. The van der Waals surface area contributed by atoms with Crippen molar-refractivity contribution in [3.05, 3.63) is 29.8 Å². The van der Waals surface area contributed by atoms with Gasteiger partial charge in [-0.25, -0.2) is 0 Å². The van der Waals surface area contributed by atoms with Gasteiger partial charge in [0.05, 0.1) is 6.61 Å². The Labute approximate surface area is 168 Å². The summed E-state index contributed by atoms with van der Waals surface area (Å²) in [6.07, 6.45) is 4.56. The largest absolute Gasteiger partial charge is 0.493 e. The molecule has 0 aliphatic carbocycles. The lowest BCUT2D eigenvalue weighted by Crippen LogP contribution is -2.37. The van der Waals surface area contributed by atoms with Crippen LogP contribution in [0.25, 0.3) is 0 Å². The van der Waals surface area contributed by atoms with Crippen LogP contribution in [-0.4, -0.2) is 38.2 Å². The van der Waals surface area contributed by atoms with Crippen molar-refractivity contribution in [2.24, 2.45) is 10.9 Å². The van der Waals surface area contributed by atoms with Crippen LogP contribution in [0.3, 0.4) is 0 Å². The highest BCUT2D eigenvalue weighted by molar-refractivity contribution is 14.0. The fourth-order valence-corrected chi connectivity index (χ4v) is 2.44. The van der Waals surface area contributed by atoms with Crippen molar-refractivity contribution in [3.8, 4) is 5.75 Å². The molecule has 6 heteroatoms. The molecule has 0 radical (unpaired) electrons. The molecule has 0 aliphatic rings. The third-order valence-electron chi connectivity index (χ3n) is 3.26. The Bertz CT molecular complexity index is 452. The van der Waals surface area contributed by atoms with Crippen LogP contribution >= 0.6 is 35.7 Å². The van der Waals surface area contributed by atoms with Gasteiger partial charge in [0, 0.05) is 20.1 Å². The highest BCUT2D eigenvalue weighted by atomic mass is 127. The zero-order chi connectivity index (χ0) is 16.9. The molecule has 0 aromatic heterocycles. The summed E-state index contributed by atoms with van der Waals surface area (Å²) in [6, 6.07) is 8.23. The molecule has 0 saturated heterocycles. The number of unbranched alkanes of at least 4 members (excludes halogenated alkanes) is 1. The molecule has 0 heterocycles. The van der Waals surface area contributed by atoms with Crippen molar-refractivity contribution in [1.29, 1.82) is 0 Å². The summed E-state index contributed by atoms with van der Waals surface area (Å²) in [5, 5.41) is 6.69. The summed E-state index contributed by atoms with van der Waals surface area (Å²) in [5.41, 5.74) is 1.22. The topological polar surface area (TPSA) is 45.7 Å². The first-order valence-corrected chi connectivity index (χ1v) is 9.70. The Morgan fingerprint density at radius 1 is 1.17 bits per heavy atom. The Morgan fingerprint density at radius 3 is 2.46 bits per heavy atom. The minimum absolute atomic E-state index is 0. The van der Waals surface area contributed by atoms with Gasteiger partial charge >= 0.3 is 0 Å². The predicted octanol–water partition coefficient (Wildman–Crippen LogP) is 4.15. The van der Waals surface area contributed by atoms with Crippen LogP contribution in [0, 0.1) is 5.92 Å². The smallest absolute Gasteiger partial charge is 0.191 e. The molecule has 138 valence electrons. The predicted molar refractivity (Wildman–Crippen MR) is 118 cm³/mol. The normalized spacial score (nSPS) is 11.1. The van der Waals surface area contributed by atoms with Crippen molar-refractivity contribution < 1.29 is 4.74 Å². The van der Waals surface area contributed by atoms with E-state index >= 15 is 0 Å². The van der Waals surface area contributed by atoms with Gasteiger partial charge in [-0.05, 0) is 48.5 Å². The van der Waals surface area contributed by atoms with Crippen LogP contribution in [0.1, 0.15) is 32.3 Å². The Morgan fingerprint density at radius 2 is 1.88 bits per heavy atom. The van der Waals surface area contributed by atoms with E-state index in [4.69, 9.17) is 4.74 Å². The molecule has 0 unspecified atom stereocenters. The second-order valence-corrected chi connectivity index (χ2v) is 6.89. The van der Waals surface area contributed by atoms with Crippen molar-refractivity contribution in [2.45, 2.75) is 33.2 Å². The van der Waals surface area contributed by atoms with Gasteiger partial charge in [-0.2, -0.15) is 11.8 Å². The summed E-state index contributed by atoms with van der Waals surface area (Å²) < 4.78 is 5.70. The lowest BCUT2D eigenvalue weighted by Gasteiger charge is -2.12. The van der Waals surface area contributed by atoms with Crippen LogP contribution in [0.15, 0.2) is 29.3 Å². The number of thioether (sulfide) groups is 1. The first kappa shape index (κ1) is 23.4. The van der Waals surface area contributed by atoms with Gasteiger partial charge in [0.25, 0.3) is 0 Å². The van der Waals surface area contributed by atoms with E-state index in [-0.39, 0.29) is 24.0 Å². The Balaban J connectivity index is 0.00000529. The van der Waals surface area contributed by atoms with Gasteiger partial charge in [0.15, 0.2) is 5.96 Å². The lowest BCUT2D eigenvalue weighted by atomic mass is 10.2. The quantitative estimate of drug-likeness (QED) is 0.236. The number of rotatable bonds is 10. The molecule has 0 fully saturated rings. The zero-order valence-electron chi connectivity index (χ0n) is 15.3. The second kappa shape index (κ2) is 14.7. The van der Waals surface area contributed by atoms with Crippen LogP contribution in [0.2, 0.25) is 0 Å². The summed E-state index contributed by atoms with van der Waals surface area (Å²) in [5.74, 6) is 3.55. The molecule has 0 atom stereocenters. The molecular weight excluding hydrogens is 433 g/mol. The van der Waals surface area contributed by atoms with E-state index in [1.54, 1.807) is 7.05 Å². The van der Waals surface area contributed by atoms with Gasteiger partial charge in [-0.3, -0.25) is 4.99 Å². The van der Waals surface area contributed by atoms with Gasteiger partial charge in [0.2, 0.25) is 0 Å². The summed E-state index contributed by atoms with van der Waals surface area (Å²) in [7, 11) is 1.81. The lowest BCUT2D eigenvalue weighted by molar-refractivity contribution is 0.271.